The van der Waals surface area contributed by atoms with E-state index < -0.39 is 0 Å². The quantitative estimate of drug-likeness (QED) is 0.823. The molecule has 0 saturated carbocycles. The van der Waals surface area contributed by atoms with Crippen LogP contribution in [0.15, 0.2) is 48.5 Å². The molecule has 0 heterocycles. The van der Waals surface area contributed by atoms with Crippen molar-refractivity contribution in [3.63, 3.8) is 0 Å². The van der Waals surface area contributed by atoms with Crippen LogP contribution in [-0.2, 0) is 12.8 Å². The van der Waals surface area contributed by atoms with Gasteiger partial charge in [-0.15, -0.1) is 0 Å². The number of benzene rings is 2. The molecular formula is C17H19NO. The van der Waals surface area contributed by atoms with E-state index in [9.17, 15) is 4.79 Å². The van der Waals surface area contributed by atoms with Crippen LogP contribution in [0.2, 0.25) is 0 Å². The van der Waals surface area contributed by atoms with Gasteiger partial charge in [0, 0.05) is 18.3 Å². The molecule has 0 saturated heterocycles. The summed E-state index contributed by atoms with van der Waals surface area (Å²) in [5.41, 5.74) is 4.26. The number of ketones is 1. The van der Waals surface area contributed by atoms with Crippen molar-refractivity contribution in [3.05, 3.63) is 65.2 Å². The summed E-state index contributed by atoms with van der Waals surface area (Å²) in [6.07, 6.45) is 2.00. The molecule has 0 radical (unpaired) electrons. The first-order valence-corrected chi connectivity index (χ1v) is 6.56. The lowest BCUT2D eigenvalue weighted by Crippen LogP contribution is -2.02. The van der Waals surface area contributed by atoms with Gasteiger partial charge < -0.3 is 5.32 Å². The number of Topliss-reactive ketones (excluding diaryl/α,β-unsaturated/α-hetero) is 1. The van der Waals surface area contributed by atoms with Crippen molar-refractivity contribution in [2.24, 2.45) is 0 Å². The van der Waals surface area contributed by atoms with Gasteiger partial charge >= 0.3 is 0 Å². The Morgan fingerprint density at radius 3 is 2.32 bits per heavy atom. The largest absolute Gasteiger partial charge is 0.388 e. The fourth-order valence-electron chi connectivity index (χ4n) is 2.19. The second kappa shape index (κ2) is 6.19. The second-order valence-electron chi connectivity index (χ2n) is 4.67. The monoisotopic (exact) mass is 253 g/mol. The van der Waals surface area contributed by atoms with E-state index in [0.29, 0.717) is 0 Å². The zero-order valence-corrected chi connectivity index (χ0v) is 11.4. The van der Waals surface area contributed by atoms with Gasteiger partial charge in [0.15, 0.2) is 5.78 Å². The van der Waals surface area contributed by atoms with Gasteiger partial charge in [-0.25, -0.2) is 0 Å². The minimum Gasteiger partial charge on any atom is -0.388 e. The Hall–Kier alpha value is -2.09. The Balaban J connectivity index is 2.11. The van der Waals surface area contributed by atoms with Crippen molar-refractivity contribution in [2.45, 2.75) is 19.8 Å². The summed E-state index contributed by atoms with van der Waals surface area (Å²) >= 11 is 0. The lowest BCUT2D eigenvalue weighted by Gasteiger charge is -2.09. The average Bonchev–Trinajstić information content (AvgIpc) is 2.45. The molecule has 0 spiro atoms. The molecule has 0 amide bonds. The van der Waals surface area contributed by atoms with Gasteiger partial charge in [0.05, 0.1) is 0 Å². The molecule has 2 rings (SSSR count). The maximum absolute atomic E-state index is 11.5. The number of anilines is 1. The zero-order valence-electron chi connectivity index (χ0n) is 11.4. The SMILES string of the molecule is CNc1cc(CCc2ccccc2)ccc1C(C)=O. The number of carbonyl (C=O) groups is 1. The number of carbonyl (C=O) groups excluding carboxylic acids is 1. The summed E-state index contributed by atoms with van der Waals surface area (Å²) in [6, 6.07) is 16.5. The highest BCUT2D eigenvalue weighted by molar-refractivity contribution is 5.99. The molecule has 1 N–H and O–H groups in total. The van der Waals surface area contributed by atoms with E-state index in [4.69, 9.17) is 0 Å². The van der Waals surface area contributed by atoms with Crippen LogP contribution in [0.3, 0.4) is 0 Å². The Morgan fingerprint density at radius 2 is 1.68 bits per heavy atom. The van der Waals surface area contributed by atoms with Gasteiger partial charge in [0.2, 0.25) is 0 Å². The predicted molar refractivity (Wildman–Crippen MR) is 79.8 cm³/mol. The van der Waals surface area contributed by atoms with Crippen LogP contribution < -0.4 is 5.32 Å². The highest BCUT2D eigenvalue weighted by atomic mass is 16.1. The van der Waals surface area contributed by atoms with Crippen molar-refractivity contribution < 1.29 is 4.79 Å². The van der Waals surface area contributed by atoms with Gasteiger partial charge in [-0.2, -0.15) is 0 Å². The van der Waals surface area contributed by atoms with E-state index in [1.54, 1.807) is 6.92 Å². The average molecular weight is 253 g/mol. The molecule has 0 aliphatic carbocycles. The molecular weight excluding hydrogens is 234 g/mol. The Kier molecular flexibility index (Phi) is 4.35. The van der Waals surface area contributed by atoms with E-state index >= 15 is 0 Å². The molecule has 0 fully saturated rings. The van der Waals surface area contributed by atoms with Crippen molar-refractivity contribution in [1.82, 2.24) is 0 Å². The molecule has 2 aromatic rings. The van der Waals surface area contributed by atoms with Gasteiger partial charge in [0.1, 0.15) is 0 Å². The number of hydrogen-bond acceptors (Lipinski definition) is 2. The fraction of sp³-hybridized carbons (Fsp3) is 0.235. The van der Waals surface area contributed by atoms with Gasteiger partial charge in [0.25, 0.3) is 0 Å². The third-order valence-electron chi connectivity index (χ3n) is 3.28. The van der Waals surface area contributed by atoms with Crippen LogP contribution in [0.4, 0.5) is 5.69 Å². The summed E-state index contributed by atoms with van der Waals surface area (Å²) < 4.78 is 0. The summed E-state index contributed by atoms with van der Waals surface area (Å²) in [4.78, 5) is 11.5. The maximum Gasteiger partial charge on any atom is 0.161 e. The van der Waals surface area contributed by atoms with E-state index in [1.165, 1.54) is 11.1 Å². The molecule has 0 bridgehead atoms. The number of hydrogen-bond donors (Lipinski definition) is 1. The standard InChI is InChI=1S/C17H19NO/c1-13(19)16-11-10-15(12-17(16)18-2)9-8-14-6-4-3-5-7-14/h3-7,10-12,18H,8-9H2,1-2H3. The Labute approximate surface area is 114 Å². The first kappa shape index (κ1) is 13.3. The molecule has 0 atom stereocenters. The maximum atomic E-state index is 11.5. The van der Waals surface area contributed by atoms with Crippen LogP contribution >= 0.6 is 0 Å². The van der Waals surface area contributed by atoms with Gasteiger partial charge in [-0.1, -0.05) is 36.4 Å². The highest BCUT2D eigenvalue weighted by Gasteiger charge is 2.06. The lowest BCUT2D eigenvalue weighted by atomic mass is 10.0. The fourth-order valence-corrected chi connectivity index (χ4v) is 2.19. The molecule has 0 aliphatic heterocycles. The van der Waals surface area contributed by atoms with E-state index in [0.717, 1.165) is 24.1 Å². The molecule has 19 heavy (non-hydrogen) atoms. The minimum atomic E-state index is 0.0963. The van der Waals surface area contributed by atoms with Crippen molar-refractivity contribution in [3.8, 4) is 0 Å². The van der Waals surface area contributed by atoms with Crippen molar-refractivity contribution in [1.29, 1.82) is 0 Å². The second-order valence-corrected chi connectivity index (χ2v) is 4.67. The van der Waals surface area contributed by atoms with E-state index in [1.807, 2.05) is 25.2 Å². The third-order valence-corrected chi connectivity index (χ3v) is 3.28. The highest BCUT2D eigenvalue weighted by Crippen LogP contribution is 2.19. The number of nitrogens with one attached hydrogen (secondary N) is 1. The van der Waals surface area contributed by atoms with Crippen molar-refractivity contribution in [2.75, 3.05) is 12.4 Å². The van der Waals surface area contributed by atoms with Crippen LogP contribution in [0.1, 0.15) is 28.4 Å². The zero-order chi connectivity index (χ0) is 13.7. The first-order valence-electron chi connectivity index (χ1n) is 6.56. The Morgan fingerprint density at radius 1 is 1.00 bits per heavy atom. The van der Waals surface area contributed by atoms with E-state index in [2.05, 4.69) is 35.6 Å². The van der Waals surface area contributed by atoms with Crippen molar-refractivity contribution >= 4 is 11.5 Å². The van der Waals surface area contributed by atoms with Crippen LogP contribution in [-0.4, -0.2) is 12.8 Å². The predicted octanol–water partition coefficient (Wildman–Crippen LogP) is 3.72. The molecule has 0 aliphatic rings. The van der Waals surface area contributed by atoms with Crippen LogP contribution in [0, 0.1) is 0 Å². The summed E-state index contributed by atoms with van der Waals surface area (Å²) in [5.74, 6) is 0.0963. The summed E-state index contributed by atoms with van der Waals surface area (Å²) in [5, 5.41) is 3.09. The minimum absolute atomic E-state index is 0.0963. The molecule has 0 unspecified atom stereocenters. The Bertz CT molecular complexity index is 561. The smallest absolute Gasteiger partial charge is 0.161 e. The van der Waals surface area contributed by atoms with E-state index in [-0.39, 0.29) is 5.78 Å². The molecule has 2 aromatic carbocycles. The summed E-state index contributed by atoms with van der Waals surface area (Å²) in [6.45, 7) is 1.60. The summed E-state index contributed by atoms with van der Waals surface area (Å²) in [7, 11) is 1.85. The number of rotatable bonds is 5. The van der Waals surface area contributed by atoms with Crippen LogP contribution in [0.5, 0.6) is 0 Å². The molecule has 2 nitrogen and oxygen atoms in total. The normalized spacial score (nSPS) is 10.2. The third kappa shape index (κ3) is 3.44. The first-order chi connectivity index (χ1) is 9.20. The lowest BCUT2D eigenvalue weighted by molar-refractivity contribution is 0.101. The van der Waals surface area contributed by atoms with Gasteiger partial charge in [-0.3, -0.25) is 4.79 Å². The van der Waals surface area contributed by atoms with Gasteiger partial charge in [-0.05, 0) is 43.0 Å². The number of aryl methyl sites for hydroxylation is 2. The molecule has 0 aromatic heterocycles. The topological polar surface area (TPSA) is 29.1 Å². The van der Waals surface area contributed by atoms with Crippen LogP contribution in [0.25, 0.3) is 0 Å². The molecule has 98 valence electrons. The molecule has 2 heteroatoms.